The summed E-state index contributed by atoms with van der Waals surface area (Å²) >= 11 is 7.65. The second-order valence-electron chi connectivity index (χ2n) is 0.338. The maximum Gasteiger partial charge on any atom is 0.128 e. The van der Waals surface area contributed by atoms with Crippen molar-refractivity contribution < 1.29 is 0 Å². The fourth-order valence-corrected chi connectivity index (χ4v) is 0. The van der Waals surface area contributed by atoms with Gasteiger partial charge in [-0.25, -0.2) is 0 Å². The molecule has 1 radical (unpaired) electrons. The quantitative estimate of drug-likeness (QED) is 0.271. The van der Waals surface area contributed by atoms with Crippen LogP contribution in [0.5, 0.6) is 0 Å². The van der Waals surface area contributed by atoms with Crippen molar-refractivity contribution in [2.24, 2.45) is 5.73 Å². The molecule has 0 aliphatic rings. The standard InChI is InChI=1S/CH3NS2.K/c2-1(3)4;/h(H3,2,3,4);. The molecule has 0 amide bonds. The summed E-state index contributed by atoms with van der Waals surface area (Å²) in [7, 11) is 0. The van der Waals surface area contributed by atoms with Crippen LogP contribution >= 0.6 is 24.8 Å². The van der Waals surface area contributed by atoms with E-state index in [9.17, 15) is 0 Å². The third-order valence-electron chi connectivity index (χ3n) is 0. The van der Waals surface area contributed by atoms with E-state index in [1.54, 1.807) is 0 Å². The zero-order chi connectivity index (χ0) is 3.58. The van der Waals surface area contributed by atoms with Crippen molar-refractivity contribution in [1.29, 1.82) is 0 Å². The number of nitrogens with two attached hydrogens (primary N) is 1. The summed E-state index contributed by atoms with van der Waals surface area (Å²) in [6.45, 7) is 0. The Balaban J connectivity index is 0. The van der Waals surface area contributed by atoms with Gasteiger partial charge in [0.2, 0.25) is 0 Å². The van der Waals surface area contributed by atoms with E-state index in [4.69, 9.17) is 5.73 Å². The van der Waals surface area contributed by atoms with Crippen molar-refractivity contribution in [3.8, 4) is 0 Å². The van der Waals surface area contributed by atoms with Crippen molar-refractivity contribution >= 4 is 80.6 Å². The third-order valence-corrected chi connectivity index (χ3v) is 0. The Hall–Kier alpha value is 1.88. The molecule has 0 atom stereocenters. The van der Waals surface area contributed by atoms with Crippen LogP contribution in [-0.2, 0) is 0 Å². The van der Waals surface area contributed by atoms with Crippen molar-refractivity contribution in [2.45, 2.75) is 0 Å². The van der Waals surface area contributed by atoms with Gasteiger partial charge in [0, 0.05) is 51.4 Å². The first kappa shape index (κ1) is 9.99. The topological polar surface area (TPSA) is 26.0 Å². The Bertz CT molecular complexity index is 32.6. The van der Waals surface area contributed by atoms with Crippen molar-refractivity contribution in [1.82, 2.24) is 0 Å². The van der Waals surface area contributed by atoms with E-state index in [0.29, 0.717) is 0 Å². The van der Waals surface area contributed by atoms with Crippen LogP contribution < -0.4 is 5.73 Å². The molecule has 5 heavy (non-hydrogen) atoms. The molecule has 0 aromatic heterocycles. The molecule has 0 aliphatic heterocycles. The summed E-state index contributed by atoms with van der Waals surface area (Å²) in [6.07, 6.45) is 0. The number of thiocarbonyl (C=S) groups is 1. The van der Waals surface area contributed by atoms with Gasteiger partial charge in [-0.1, -0.05) is 12.2 Å². The Kier molecular flexibility index (Phi) is 11.7. The maximum absolute atomic E-state index is 4.71. The molecule has 0 rings (SSSR count). The van der Waals surface area contributed by atoms with Gasteiger partial charge in [-0.3, -0.25) is 0 Å². The van der Waals surface area contributed by atoms with Crippen LogP contribution in [0.25, 0.3) is 0 Å². The smallest absolute Gasteiger partial charge is 0.128 e. The normalized spacial score (nSPS) is 5.00. The molecule has 0 aromatic rings. The first-order valence-corrected chi connectivity index (χ1v) is 1.57. The Morgan fingerprint density at radius 2 is 1.80 bits per heavy atom. The summed E-state index contributed by atoms with van der Waals surface area (Å²) in [5.41, 5.74) is 4.71. The van der Waals surface area contributed by atoms with Crippen LogP contribution in [0.3, 0.4) is 0 Å². The van der Waals surface area contributed by atoms with Gasteiger partial charge >= 0.3 is 0 Å². The Morgan fingerprint density at radius 3 is 1.80 bits per heavy atom. The Labute approximate surface area is 84.5 Å². The van der Waals surface area contributed by atoms with E-state index < -0.39 is 0 Å². The predicted octanol–water partition coefficient (Wildman–Crippen LogP) is -0.221. The summed E-state index contributed by atoms with van der Waals surface area (Å²) in [5.74, 6) is 0. The second-order valence-corrected chi connectivity index (χ2v) is 1.56. The first-order chi connectivity index (χ1) is 1.73. The molecular formula is CH3KNS2. The van der Waals surface area contributed by atoms with E-state index >= 15 is 0 Å². The Morgan fingerprint density at radius 1 is 1.80 bits per heavy atom. The van der Waals surface area contributed by atoms with E-state index in [2.05, 4.69) is 24.8 Å². The van der Waals surface area contributed by atoms with Gasteiger partial charge in [0.1, 0.15) is 4.32 Å². The van der Waals surface area contributed by atoms with Crippen LogP contribution in [0.2, 0.25) is 0 Å². The number of hydrogen-bond donors (Lipinski definition) is 2. The molecule has 0 saturated heterocycles. The minimum Gasteiger partial charge on any atom is -0.385 e. The average Bonchev–Trinajstić information content (AvgIpc) is 0.811. The minimum absolute atomic E-state index is 0. The van der Waals surface area contributed by atoms with Crippen LogP contribution in [0.4, 0.5) is 0 Å². The molecule has 25 valence electrons. The van der Waals surface area contributed by atoms with Gasteiger partial charge in [-0.15, -0.1) is 12.6 Å². The molecule has 0 unspecified atom stereocenters. The summed E-state index contributed by atoms with van der Waals surface area (Å²) in [5, 5.41) is 0. The van der Waals surface area contributed by atoms with Crippen molar-refractivity contribution in [3.05, 3.63) is 0 Å². The largest absolute Gasteiger partial charge is 0.385 e. The molecule has 0 fully saturated rings. The van der Waals surface area contributed by atoms with Gasteiger partial charge in [-0.2, -0.15) is 0 Å². The first-order valence-electron chi connectivity index (χ1n) is 0.716. The average molecular weight is 132 g/mol. The maximum atomic E-state index is 4.71. The fraction of sp³-hybridized carbons (Fsp3) is 0. The second kappa shape index (κ2) is 5.88. The molecule has 0 saturated carbocycles. The van der Waals surface area contributed by atoms with Crippen LogP contribution in [0.1, 0.15) is 0 Å². The number of hydrogen-bond acceptors (Lipinski definition) is 1. The van der Waals surface area contributed by atoms with Crippen LogP contribution in [0.15, 0.2) is 0 Å². The van der Waals surface area contributed by atoms with E-state index in [0.717, 1.165) is 0 Å². The molecule has 2 N–H and O–H groups in total. The number of thiol groups is 1. The van der Waals surface area contributed by atoms with Gasteiger partial charge < -0.3 is 5.73 Å². The molecular weight excluding hydrogens is 129 g/mol. The predicted molar refractivity (Wildman–Crippen MR) is 31.5 cm³/mol. The van der Waals surface area contributed by atoms with Gasteiger partial charge in [0.25, 0.3) is 0 Å². The van der Waals surface area contributed by atoms with E-state index in [1.807, 2.05) is 0 Å². The summed E-state index contributed by atoms with van der Waals surface area (Å²) < 4.78 is 0.194. The molecule has 0 spiro atoms. The van der Waals surface area contributed by atoms with Gasteiger partial charge in [0.05, 0.1) is 0 Å². The zero-order valence-corrected chi connectivity index (χ0v) is 7.77. The van der Waals surface area contributed by atoms with Gasteiger partial charge in [-0.05, 0) is 0 Å². The van der Waals surface area contributed by atoms with Gasteiger partial charge in [0.15, 0.2) is 0 Å². The molecule has 0 aromatic carbocycles. The summed E-state index contributed by atoms with van der Waals surface area (Å²) in [4.78, 5) is 0. The SMILES string of the molecule is NC(=S)S.[K]. The fourth-order valence-electron chi connectivity index (χ4n) is 0. The molecule has 0 heterocycles. The monoisotopic (exact) mass is 132 g/mol. The van der Waals surface area contributed by atoms with Crippen molar-refractivity contribution in [3.63, 3.8) is 0 Å². The zero-order valence-electron chi connectivity index (χ0n) is 2.93. The summed E-state index contributed by atoms with van der Waals surface area (Å²) in [6, 6.07) is 0. The third kappa shape index (κ3) is 25.1. The van der Waals surface area contributed by atoms with Crippen LogP contribution in [-0.4, -0.2) is 55.7 Å². The molecule has 0 aliphatic carbocycles. The molecule has 0 bridgehead atoms. The molecule has 4 heteroatoms. The van der Waals surface area contributed by atoms with E-state index in [-0.39, 0.29) is 55.7 Å². The number of rotatable bonds is 0. The van der Waals surface area contributed by atoms with Crippen molar-refractivity contribution in [2.75, 3.05) is 0 Å². The minimum atomic E-state index is 0. The van der Waals surface area contributed by atoms with E-state index in [1.165, 1.54) is 0 Å². The molecule has 1 nitrogen and oxygen atoms in total. The van der Waals surface area contributed by atoms with Crippen LogP contribution in [0, 0.1) is 0 Å².